The Morgan fingerprint density at radius 3 is 2.77 bits per heavy atom. The first-order valence-corrected chi connectivity index (χ1v) is 9.18. The lowest BCUT2D eigenvalue weighted by Crippen LogP contribution is -2.35. The molecule has 2 aromatic rings. The van der Waals surface area contributed by atoms with E-state index in [0.29, 0.717) is 12.2 Å². The highest BCUT2D eigenvalue weighted by atomic mass is 16.5. The minimum absolute atomic E-state index is 0.129. The standard InChI is InChI=1S/C21H26N2O3/c1-2-11-26-20-8-4-6-18(15-20)21(24)22-19-7-3-5-17(14-19)16-23-9-12-25-13-10-23/h3-8,14-15H,2,9-13,16H2,1H3,(H,22,24). The molecule has 0 radical (unpaired) electrons. The maximum Gasteiger partial charge on any atom is 0.255 e. The topological polar surface area (TPSA) is 50.8 Å². The van der Waals surface area contributed by atoms with E-state index in [9.17, 15) is 4.79 Å². The molecule has 0 aromatic heterocycles. The van der Waals surface area contributed by atoms with Crippen LogP contribution in [0.1, 0.15) is 29.3 Å². The van der Waals surface area contributed by atoms with Crippen molar-refractivity contribution < 1.29 is 14.3 Å². The van der Waals surface area contributed by atoms with Gasteiger partial charge in [0.25, 0.3) is 5.91 Å². The molecule has 1 aliphatic rings. The highest BCUT2D eigenvalue weighted by molar-refractivity contribution is 6.04. The van der Waals surface area contributed by atoms with Gasteiger partial charge in [-0.05, 0) is 42.3 Å². The van der Waals surface area contributed by atoms with Crippen LogP contribution in [0.5, 0.6) is 5.75 Å². The number of nitrogens with one attached hydrogen (secondary N) is 1. The van der Waals surface area contributed by atoms with Crippen molar-refractivity contribution in [1.82, 2.24) is 4.90 Å². The molecule has 0 aliphatic carbocycles. The lowest BCUT2D eigenvalue weighted by atomic mass is 10.1. The van der Waals surface area contributed by atoms with Gasteiger partial charge >= 0.3 is 0 Å². The second-order valence-electron chi connectivity index (χ2n) is 6.42. The van der Waals surface area contributed by atoms with Gasteiger partial charge in [-0.15, -0.1) is 0 Å². The quantitative estimate of drug-likeness (QED) is 0.826. The molecule has 0 atom stereocenters. The predicted molar refractivity (Wildman–Crippen MR) is 103 cm³/mol. The fourth-order valence-corrected chi connectivity index (χ4v) is 2.92. The minimum Gasteiger partial charge on any atom is -0.494 e. The molecule has 1 fully saturated rings. The summed E-state index contributed by atoms with van der Waals surface area (Å²) in [7, 11) is 0. The Kier molecular flexibility index (Phi) is 6.63. The van der Waals surface area contributed by atoms with E-state index in [1.807, 2.05) is 30.3 Å². The number of nitrogens with zero attached hydrogens (tertiary/aromatic N) is 1. The highest BCUT2D eigenvalue weighted by Crippen LogP contribution is 2.17. The van der Waals surface area contributed by atoms with E-state index in [2.05, 4.69) is 23.2 Å². The molecular formula is C21H26N2O3. The SMILES string of the molecule is CCCOc1cccc(C(=O)Nc2cccc(CN3CCOCC3)c2)c1. The third-order valence-corrected chi connectivity index (χ3v) is 4.26. The maximum atomic E-state index is 12.5. The number of rotatable bonds is 7. The van der Waals surface area contributed by atoms with Crippen LogP contribution in [0.4, 0.5) is 5.69 Å². The molecule has 26 heavy (non-hydrogen) atoms. The maximum absolute atomic E-state index is 12.5. The van der Waals surface area contributed by atoms with Gasteiger partial charge in [-0.3, -0.25) is 9.69 Å². The Bertz CT molecular complexity index is 727. The Hall–Kier alpha value is -2.37. The van der Waals surface area contributed by atoms with Gasteiger partial charge in [-0.25, -0.2) is 0 Å². The molecule has 3 rings (SSSR count). The van der Waals surface area contributed by atoms with Gasteiger partial charge in [0.1, 0.15) is 5.75 Å². The third-order valence-electron chi connectivity index (χ3n) is 4.26. The Morgan fingerprint density at radius 2 is 1.96 bits per heavy atom. The van der Waals surface area contributed by atoms with Gasteiger partial charge in [0, 0.05) is 30.9 Å². The van der Waals surface area contributed by atoms with Crippen LogP contribution in [-0.4, -0.2) is 43.7 Å². The Balaban J connectivity index is 1.62. The van der Waals surface area contributed by atoms with Crippen LogP contribution in [0.25, 0.3) is 0 Å². The van der Waals surface area contributed by atoms with E-state index in [4.69, 9.17) is 9.47 Å². The average molecular weight is 354 g/mol. The molecular weight excluding hydrogens is 328 g/mol. The minimum atomic E-state index is -0.129. The predicted octanol–water partition coefficient (Wildman–Crippen LogP) is 3.56. The van der Waals surface area contributed by atoms with Crippen molar-refractivity contribution in [3.63, 3.8) is 0 Å². The molecule has 0 bridgehead atoms. The summed E-state index contributed by atoms with van der Waals surface area (Å²) in [5.74, 6) is 0.594. The van der Waals surface area contributed by atoms with Gasteiger partial charge in [-0.1, -0.05) is 25.1 Å². The molecule has 1 saturated heterocycles. The number of ether oxygens (including phenoxy) is 2. The summed E-state index contributed by atoms with van der Waals surface area (Å²) in [5.41, 5.74) is 2.59. The van der Waals surface area contributed by atoms with Crippen LogP contribution in [0.3, 0.4) is 0 Å². The van der Waals surface area contributed by atoms with Crippen molar-refractivity contribution >= 4 is 11.6 Å². The number of amides is 1. The van der Waals surface area contributed by atoms with E-state index in [-0.39, 0.29) is 5.91 Å². The first-order chi connectivity index (χ1) is 12.7. The summed E-state index contributed by atoms with van der Waals surface area (Å²) >= 11 is 0. The molecule has 1 aliphatic heterocycles. The Morgan fingerprint density at radius 1 is 1.15 bits per heavy atom. The second-order valence-corrected chi connectivity index (χ2v) is 6.42. The monoisotopic (exact) mass is 354 g/mol. The van der Waals surface area contributed by atoms with Gasteiger partial charge in [0.2, 0.25) is 0 Å². The van der Waals surface area contributed by atoms with Gasteiger partial charge in [0.05, 0.1) is 19.8 Å². The normalized spacial score (nSPS) is 14.8. The van der Waals surface area contributed by atoms with Crippen molar-refractivity contribution in [3.8, 4) is 5.75 Å². The van der Waals surface area contributed by atoms with E-state index in [1.165, 1.54) is 5.56 Å². The molecule has 0 saturated carbocycles. The molecule has 138 valence electrons. The van der Waals surface area contributed by atoms with Crippen LogP contribution in [0.15, 0.2) is 48.5 Å². The van der Waals surface area contributed by atoms with Crippen molar-refractivity contribution in [2.75, 3.05) is 38.2 Å². The number of benzene rings is 2. The van der Waals surface area contributed by atoms with Crippen LogP contribution >= 0.6 is 0 Å². The van der Waals surface area contributed by atoms with Gasteiger partial charge in [0.15, 0.2) is 0 Å². The van der Waals surface area contributed by atoms with E-state index >= 15 is 0 Å². The fraction of sp³-hybridized carbons (Fsp3) is 0.381. The number of morpholine rings is 1. The highest BCUT2D eigenvalue weighted by Gasteiger charge is 2.12. The van der Waals surface area contributed by atoms with Crippen LogP contribution in [0.2, 0.25) is 0 Å². The summed E-state index contributed by atoms with van der Waals surface area (Å²) in [4.78, 5) is 14.9. The van der Waals surface area contributed by atoms with Crippen LogP contribution < -0.4 is 10.1 Å². The number of hydrogen-bond acceptors (Lipinski definition) is 4. The smallest absolute Gasteiger partial charge is 0.255 e. The van der Waals surface area contributed by atoms with Crippen LogP contribution in [-0.2, 0) is 11.3 Å². The molecule has 1 amide bonds. The number of hydrogen-bond donors (Lipinski definition) is 1. The lowest BCUT2D eigenvalue weighted by Gasteiger charge is -2.26. The number of carbonyl (C=O) groups excluding carboxylic acids is 1. The fourth-order valence-electron chi connectivity index (χ4n) is 2.92. The molecule has 5 nitrogen and oxygen atoms in total. The Labute approximate surface area is 154 Å². The molecule has 0 unspecified atom stereocenters. The lowest BCUT2D eigenvalue weighted by molar-refractivity contribution is 0.0342. The first-order valence-electron chi connectivity index (χ1n) is 9.18. The summed E-state index contributed by atoms with van der Waals surface area (Å²) in [5, 5.41) is 2.98. The summed E-state index contributed by atoms with van der Waals surface area (Å²) in [6.07, 6.45) is 0.937. The zero-order chi connectivity index (χ0) is 18.2. The number of anilines is 1. The van der Waals surface area contributed by atoms with Crippen molar-refractivity contribution in [2.24, 2.45) is 0 Å². The summed E-state index contributed by atoms with van der Waals surface area (Å²) in [6, 6.07) is 15.3. The van der Waals surface area contributed by atoms with Crippen molar-refractivity contribution in [3.05, 3.63) is 59.7 Å². The molecule has 2 aromatic carbocycles. The average Bonchev–Trinajstić information content (AvgIpc) is 2.68. The molecule has 5 heteroatoms. The zero-order valence-electron chi connectivity index (χ0n) is 15.2. The number of carbonyl (C=O) groups is 1. The van der Waals surface area contributed by atoms with E-state index in [0.717, 1.165) is 50.7 Å². The van der Waals surface area contributed by atoms with Crippen molar-refractivity contribution in [2.45, 2.75) is 19.9 Å². The van der Waals surface area contributed by atoms with Gasteiger partial charge < -0.3 is 14.8 Å². The van der Waals surface area contributed by atoms with Gasteiger partial charge in [-0.2, -0.15) is 0 Å². The molecule has 0 spiro atoms. The second kappa shape index (κ2) is 9.36. The first kappa shape index (κ1) is 18.4. The van der Waals surface area contributed by atoms with Crippen LogP contribution in [0, 0.1) is 0 Å². The van der Waals surface area contributed by atoms with E-state index < -0.39 is 0 Å². The molecule has 1 N–H and O–H groups in total. The van der Waals surface area contributed by atoms with Crippen molar-refractivity contribution in [1.29, 1.82) is 0 Å². The summed E-state index contributed by atoms with van der Waals surface area (Å²) < 4.78 is 11.0. The molecule has 1 heterocycles. The summed E-state index contributed by atoms with van der Waals surface area (Å²) in [6.45, 7) is 7.03. The van der Waals surface area contributed by atoms with E-state index in [1.54, 1.807) is 12.1 Å². The zero-order valence-corrected chi connectivity index (χ0v) is 15.2. The largest absolute Gasteiger partial charge is 0.494 e. The third kappa shape index (κ3) is 5.31.